The van der Waals surface area contributed by atoms with Crippen LogP contribution in [0.25, 0.3) is 0 Å². The van der Waals surface area contributed by atoms with E-state index in [1.165, 1.54) is 12.1 Å². The van der Waals surface area contributed by atoms with Gasteiger partial charge in [-0.2, -0.15) is 0 Å². The smallest absolute Gasteiger partial charge is 0.410 e. The third-order valence-corrected chi connectivity index (χ3v) is 8.04. The van der Waals surface area contributed by atoms with Gasteiger partial charge in [-0.1, -0.05) is 48.5 Å². The van der Waals surface area contributed by atoms with Crippen LogP contribution in [0.5, 0.6) is 0 Å². The molecule has 3 aromatic rings. The Morgan fingerprint density at radius 1 is 0.977 bits per heavy atom. The summed E-state index contributed by atoms with van der Waals surface area (Å²) < 4.78 is 19.9. The average molecular weight is 581 g/mol. The minimum absolute atomic E-state index is 0.0371. The molecule has 222 valence electrons. The van der Waals surface area contributed by atoms with Crippen molar-refractivity contribution in [1.82, 2.24) is 4.90 Å². The van der Waals surface area contributed by atoms with Gasteiger partial charge >= 0.3 is 6.09 Å². The summed E-state index contributed by atoms with van der Waals surface area (Å²) in [6.45, 7) is 9.15. The molecule has 0 bridgehead atoms. The Morgan fingerprint density at radius 2 is 1.70 bits per heavy atom. The average Bonchev–Trinajstić information content (AvgIpc) is 3.14. The molecule has 8 heteroatoms. The highest BCUT2D eigenvalue weighted by Crippen LogP contribution is 2.38. The van der Waals surface area contributed by atoms with Crippen LogP contribution in [0.2, 0.25) is 0 Å². The number of fused-ring (bicyclic) bond motifs is 1. The lowest BCUT2D eigenvalue weighted by atomic mass is 9.85. The molecule has 0 saturated carbocycles. The van der Waals surface area contributed by atoms with Crippen molar-refractivity contribution in [2.45, 2.75) is 38.8 Å². The van der Waals surface area contributed by atoms with Crippen molar-refractivity contribution >= 4 is 28.9 Å². The van der Waals surface area contributed by atoms with Gasteiger partial charge in [0.25, 0.3) is 0 Å². The molecule has 7 nitrogen and oxygen atoms in total. The molecule has 0 spiro atoms. The number of hydrogen-bond acceptors (Lipinski definition) is 6. The molecule has 43 heavy (non-hydrogen) atoms. The van der Waals surface area contributed by atoms with Crippen molar-refractivity contribution in [3.8, 4) is 0 Å². The van der Waals surface area contributed by atoms with Crippen molar-refractivity contribution in [2.75, 3.05) is 47.8 Å². The summed E-state index contributed by atoms with van der Waals surface area (Å²) in [5, 5.41) is 3.40. The normalized spacial score (nSPS) is 18.6. The number of piperazine rings is 1. The molecule has 0 radical (unpaired) electrons. The third-order valence-electron chi connectivity index (χ3n) is 8.04. The summed E-state index contributed by atoms with van der Waals surface area (Å²) in [5.41, 5.74) is 5.49. The van der Waals surface area contributed by atoms with Gasteiger partial charge in [0.05, 0.1) is 17.3 Å². The Labute approximate surface area is 252 Å². The molecular weight excluding hydrogens is 543 g/mol. The molecule has 3 aromatic carbocycles. The first kappa shape index (κ1) is 28.5. The van der Waals surface area contributed by atoms with Gasteiger partial charge in [-0.05, 0) is 68.3 Å². The predicted molar refractivity (Wildman–Crippen MR) is 168 cm³/mol. The summed E-state index contributed by atoms with van der Waals surface area (Å²) in [6.07, 6.45) is 3.64. The Balaban J connectivity index is 1.17. The van der Waals surface area contributed by atoms with Crippen LogP contribution in [0, 0.1) is 5.82 Å². The number of amides is 1. The highest BCUT2D eigenvalue weighted by atomic mass is 19.1. The van der Waals surface area contributed by atoms with Crippen LogP contribution in [0.15, 0.2) is 96.2 Å². The number of ketones is 1. The standard InChI is InChI=1S/C35H37FN4O3/c1-35(2,3)43-34(42)39-19-17-38(18-20-39)27-12-9-25(10-13-27)28-14-16-30-29(33(28)41)23-40(22-24-7-5-4-6-8-24)32-21-26(36)11-15-31(32)37-30/h4-16,21,28,37H,17-20,22-23H2,1-3H3. The van der Waals surface area contributed by atoms with E-state index in [0.717, 1.165) is 33.9 Å². The van der Waals surface area contributed by atoms with Crippen molar-refractivity contribution < 1.29 is 18.7 Å². The number of carbonyl (C=O) groups excluding carboxylic acids is 2. The maximum absolute atomic E-state index is 14.4. The number of rotatable bonds is 4. The quantitative estimate of drug-likeness (QED) is 0.381. The molecule has 3 aliphatic rings. The van der Waals surface area contributed by atoms with Gasteiger partial charge in [-0.15, -0.1) is 0 Å². The third kappa shape index (κ3) is 6.28. The second-order valence-corrected chi connectivity index (χ2v) is 12.3. The number of halogens is 1. The SMILES string of the molecule is CC(C)(C)OC(=O)N1CCN(c2ccc(C3C=CC4=C(CN(Cc5ccccc5)c5cc(F)ccc5N4)C3=O)cc2)CC1. The zero-order chi connectivity index (χ0) is 30.1. The van der Waals surface area contributed by atoms with Gasteiger partial charge < -0.3 is 24.8 Å². The number of carbonyl (C=O) groups is 2. The lowest BCUT2D eigenvalue weighted by Gasteiger charge is -2.36. The highest BCUT2D eigenvalue weighted by Gasteiger charge is 2.32. The van der Waals surface area contributed by atoms with E-state index in [0.29, 0.717) is 44.8 Å². The maximum Gasteiger partial charge on any atom is 0.410 e. The number of allylic oxidation sites excluding steroid dienone is 2. The molecule has 1 unspecified atom stereocenters. The fourth-order valence-electron chi connectivity index (χ4n) is 5.85. The minimum Gasteiger partial charge on any atom is -0.444 e. The second kappa shape index (κ2) is 11.6. The van der Waals surface area contributed by atoms with Crippen molar-refractivity contribution in [2.24, 2.45) is 0 Å². The van der Waals surface area contributed by atoms with Crippen LogP contribution >= 0.6 is 0 Å². The van der Waals surface area contributed by atoms with Gasteiger partial charge in [0, 0.05) is 56.2 Å². The molecule has 1 saturated heterocycles. The molecular formula is C35H37FN4O3. The van der Waals surface area contributed by atoms with Gasteiger partial charge in [0.2, 0.25) is 0 Å². The van der Waals surface area contributed by atoms with Crippen molar-refractivity contribution in [3.63, 3.8) is 0 Å². The van der Waals surface area contributed by atoms with Crippen LogP contribution in [0.4, 0.5) is 26.2 Å². The van der Waals surface area contributed by atoms with E-state index in [1.54, 1.807) is 11.0 Å². The topological polar surface area (TPSA) is 65.1 Å². The first-order valence-electron chi connectivity index (χ1n) is 14.8. The highest BCUT2D eigenvalue weighted by molar-refractivity contribution is 6.06. The van der Waals surface area contributed by atoms with Crippen LogP contribution in [-0.2, 0) is 16.1 Å². The van der Waals surface area contributed by atoms with Crippen molar-refractivity contribution in [1.29, 1.82) is 0 Å². The van der Waals surface area contributed by atoms with E-state index < -0.39 is 11.5 Å². The summed E-state index contributed by atoms with van der Waals surface area (Å²) >= 11 is 0. The lowest BCUT2D eigenvalue weighted by Crippen LogP contribution is -2.50. The number of hydrogen-bond donors (Lipinski definition) is 1. The van der Waals surface area contributed by atoms with E-state index in [9.17, 15) is 14.0 Å². The second-order valence-electron chi connectivity index (χ2n) is 12.3. The van der Waals surface area contributed by atoms with Crippen molar-refractivity contribution in [3.05, 3.63) is 113 Å². The number of benzene rings is 3. The molecule has 1 aliphatic carbocycles. The fraction of sp³-hybridized carbons (Fsp3) is 0.314. The first-order valence-corrected chi connectivity index (χ1v) is 14.8. The van der Waals surface area contributed by atoms with E-state index in [4.69, 9.17) is 4.74 Å². The molecule has 2 heterocycles. The van der Waals surface area contributed by atoms with E-state index in [-0.39, 0.29) is 17.7 Å². The number of ether oxygens (including phenoxy) is 1. The van der Waals surface area contributed by atoms with Crippen LogP contribution < -0.4 is 15.1 Å². The number of anilines is 3. The Morgan fingerprint density at radius 3 is 2.40 bits per heavy atom. The molecule has 1 atom stereocenters. The zero-order valence-electron chi connectivity index (χ0n) is 24.8. The molecule has 1 N–H and O–H groups in total. The predicted octanol–water partition coefficient (Wildman–Crippen LogP) is 6.49. The molecule has 1 amide bonds. The Kier molecular flexibility index (Phi) is 7.69. The van der Waals surface area contributed by atoms with E-state index in [1.807, 2.05) is 75.4 Å². The summed E-state index contributed by atoms with van der Waals surface area (Å²) in [6, 6.07) is 22.9. The Bertz CT molecular complexity index is 1570. The largest absolute Gasteiger partial charge is 0.444 e. The molecule has 2 aliphatic heterocycles. The van der Waals surface area contributed by atoms with E-state index >= 15 is 0 Å². The molecule has 0 aromatic heterocycles. The fourth-order valence-corrected chi connectivity index (χ4v) is 5.85. The minimum atomic E-state index is -0.513. The summed E-state index contributed by atoms with van der Waals surface area (Å²) in [4.78, 5) is 32.5. The Hall–Kier alpha value is -4.59. The van der Waals surface area contributed by atoms with E-state index in [2.05, 4.69) is 27.2 Å². The van der Waals surface area contributed by atoms with Gasteiger partial charge in [-0.3, -0.25) is 4.79 Å². The lowest BCUT2D eigenvalue weighted by molar-refractivity contribution is -0.116. The van der Waals surface area contributed by atoms with Gasteiger partial charge in [-0.25, -0.2) is 9.18 Å². The number of nitrogens with zero attached hydrogens (tertiary/aromatic N) is 3. The zero-order valence-corrected chi connectivity index (χ0v) is 24.8. The first-order chi connectivity index (χ1) is 20.6. The molecule has 1 fully saturated rings. The van der Waals surface area contributed by atoms with Gasteiger partial charge in [0.1, 0.15) is 11.4 Å². The summed E-state index contributed by atoms with van der Waals surface area (Å²) in [7, 11) is 0. The molecule has 6 rings (SSSR count). The van der Waals surface area contributed by atoms with Crippen LogP contribution in [0.1, 0.15) is 37.8 Å². The van der Waals surface area contributed by atoms with Crippen LogP contribution in [0.3, 0.4) is 0 Å². The number of Topliss-reactive ketones (excluding diaryl/α,β-unsaturated/α-hetero) is 1. The van der Waals surface area contributed by atoms with Crippen LogP contribution in [-0.4, -0.2) is 55.1 Å². The maximum atomic E-state index is 14.4. The summed E-state index contributed by atoms with van der Waals surface area (Å²) in [5.74, 6) is -0.685. The van der Waals surface area contributed by atoms with Gasteiger partial charge in [0.15, 0.2) is 5.78 Å². The number of nitrogens with one attached hydrogen (secondary N) is 1. The monoisotopic (exact) mass is 580 g/mol.